The topological polar surface area (TPSA) is 42.0 Å². The number of carbonyl (C=O) groups is 1. The molecule has 2 heterocycles. The minimum Gasteiger partial charge on any atom is -0.493 e. The fraction of sp³-hybridized carbons (Fsp3) is 0.571. The molecule has 2 bridgehead atoms. The Kier molecular flexibility index (Phi) is 3.27. The Labute approximate surface area is 154 Å². The smallest absolute Gasteiger partial charge is 0.201 e. The van der Waals surface area contributed by atoms with Crippen LogP contribution in [0.2, 0.25) is 0 Å². The molecule has 2 aliphatic heterocycles. The van der Waals surface area contributed by atoms with Crippen LogP contribution in [0.1, 0.15) is 24.0 Å². The number of hydrogen-bond acceptors (Lipinski definition) is 5. The molecular formula is C21H26N2O3. The van der Waals surface area contributed by atoms with Gasteiger partial charge in [-0.2, -0.15) is 0 Å². The van der Waals surface area contributed by atoms with Crippen LogP contribution >= 0.6 is 0 Å². The summed E-state index contributed by atoms with van der Waals surface area (Å²) >= 11 is 0. The molecule has 4 unspecified atom stereocenters. The van der Waals surface area contributed by atoms with Crippen molar-refractivity contribution in [2.24, 2.45) is 5.92 Å². The molecule has 0 radical (unpaired) electrons. The van der Waals surface area contributed by atoms with Gasteiger partial charge in [-0.1, -0.05) is 6.07 Å². The Morgan fingerprint density at radius 3 is 2.88 bits per heavy atom. The van der Waals surface area contributed by atoms with Gasteiger partial charge < -0.3 is 19.3 Å². The first-order valence-electron chi connectivity index (χ1n) is 9.46. The summed E-state index contributed by atoms with van der Waals surface area (Å²) in [6.45, 7) is 1.01. The minimum atomic E-state index is -0.408. The molecule has 2 aliphatic carbocycles. The first-order chi connectivity index (χ1) is 12.5. The summed E-state index contributed by atoms with van der Waals surface area (Å²) in [5.41, 5.74) is 3.32. The number of carbonyl (C=O) groups excluding carboxylic acids is 1. The number of Topliss-reactive ketones (excluding diaryl/α,β-unsaturated/α-hetero) is 1. The predicted octanol–water partition coefficient (Wildman–Crippen LogP) is 1.99. The summed E-state index contributed by atoms with van der Waals surface area (Å²) < 4.78 is 12.0. The van der Waals surface area contributed by atoms with Gasteiger partial charge >= 0.3 is 0 Å². The highest BCUT2D eigenvalue weighted by atomic mass is 16.5. The zero-order valence-corrected chi connectivity index (χ0v) is 15.9. The number of rotatable bonds is 2. The number of piperidine rings is 1. The van der Waals surface area contributed by atoms with E-state index in [1.54, 1.807) is 7.11 Å². The van der Waals surface area contributed by atoms with Gasteiger partial charge in [0.15, 0.2) is 17.6 Å². The average Bonchev–Trinajstić information content (AvgIpc) is 2.95. The lowest BCUT2D eigenvalue weighted by atomic mass is 9.51. The van der Waals surface area contributed by atoms with Crippen LogP contribution in [0.3, 0.4) is 0 Å². The van der Waals surface area contributed by atoms with Crippen molar-refractivity contribution in [3.63, 3.8) is 0 Å². The van der Waals surface area contributed by atoms with Crippen LogP contribution in [0, 0.1) is 5.92 Å². The van der Waals surface area contributed by atoms with Crippen molar-refractivity contribution in [1.29, 1.82) is 0 Å². The van der Waals surface area contributed by atoms with Gasteiger partial charge in [-0.25, -0.2) is 0 Å². The Balaban J connectivity index is 1.75. The molecule has 5 rings (SSSR count). The predicted molar refractivity (Wildman–Crippen MR) is 98.7 cm³/mol. The number of likely N-dealkylation sites (tertiary alicyclic amines) is 1. The SMILES string of the molecule is COc1ccc2c3c1OC1C(=O)/C(=C/N(C)C)CC4C(C2)N(C)CCC314. The molecule has 4 aliphatic rings. The number of ketones is 1. The van der Waals surface area contributed by atoms with Crippen molar-refractivity contribution in [3.05, 3.63) is 35.0 Å². The Bertz CT molecular complexity index is 831. The Morgan fingerprint density at radius 1 is 1.35 bits per heavy atom. The molecule has 0 amide bonds. The largest absolute Gasteiger partial charge is 0.493 e. The molecule has 1 spiro atoms. The van der Waals surface area contributed by atoms with Gasteiger partial charge in [0.05, 0.1) is 7.11 Å². The maximum absolute atomic E-state index is 13.4. The molecule has 0 N–H and O–H groups in total. The molecule has 1 aromatic rings. The van der Waals surface area contributed by atoms with Gasteiger partial charge in [0.2, 0.25) is 5.78 Å². The van der Waals surface area contributed by atoms with Crippen molar-refractivity contribution in [2.75, 3.05) is 34.8 Å². The third kappa shape index (κ3) is 1.82. The molecule has 2 fully saturated rings. The number of ether oxygens (including phenoxy) is 2. The fourth-order valence-electron chi connectivity index (χ4n) is 5.98. The molecule has 0 aromatic heterocycles. The minimum absolute atomic E-state index is 0.157. The molecule has 5 nitrogen and oxygen atoms in total. The third-order valence-corrected chi connectivity index (χ3v) is 7.00. The number of methoxy groups -OCH3 is 1. The van der Waals surface area contributed by atoms with Crippen LogP contribution in [0.4, 0.5) is 0 Å². The van der Waals surface area contributed by atoms with E-state index < -0.39 is 6.10 Å². The van der Waals surface area contributed by atoms with E-state index in [2.05, 4.69) is 18.0 Å². The van der Waals surface area contributed by atoms with Gasteiger partial charge in [-0.15, -0.1) is 0 Å². The second-order valence-corrected chi connectivity index (χ2v) is 8.46. The normalized spacial score (nSPS) is 35.9. The number of likely N-dealkylation sites (N-methyl/N-ethyl adjacent to an activating group) is 1. The highest BCUT2D eigenvalue weighted by Crippen LogP contribution is 2.63. The first kappa shape index (κ1) is 16.2. The average molecular weight is 354 g/mol. The van der Waals surface area contributed by atoms with E-state index in [-0.39, 0.29) is 11.2 Å². The molecule has 1 aromatic carbocycles. The standard InChI is InChI=1S/C21H26N2O3/c1-22(2)11-13-9-14-15-10-12-5-6-16(25-4)19-17(12)21(14,7-8-23(15)3)20(26-19)18(13)24/h5-6,11,14-15,20H,7-10H2,1-4H3/b13-11+. The Morgan fingerprint density at radius 2 is 2.15 bits per heavy atom. The van der Waals surface area contributed by atoms with E-state index in [0.717, 1.165) is 42.9 Å². The summed E-state index contributed by atoms with van der Waals surface area (Å²) in [6.07, 6.45) is 4.42. The van der Waals surface area contributed by atoms with Crippen LogP contribution < -0.4 is 9.47 Å². The zero-order chi connectivity index (χ0) is 18.2. The summed E-state index contributed by atoms with van der Waals surface area (Å²) in [6, 6.07) is 4.64. The van der Waals surface area contributed by atoms with E-state index in [0.29, 0.717) is 12.0 Å². The lowest BCUT2D eigenvalue weighted by Gasteiger charge is -2.57. The number of benzene rings is 1. The lowest BCUT2D eigenvalue weighted by molar-refractivity contribution is -0.132. The molecular weight excluding hydrogens is 328 g/mol. The summed E-state index contributed by atoms with van der Waals surface area (Å²) in [5, 5.41) is 0. The number of nitrogens with zero attached hydrogens (tertiary/aromatic N) is 2. The van der Waals surface area contributed by atoms with Crippen LogP contribution in [-0.4, -0.2) is 62.5 Å². The second-order valence-electron chi connectivity index (χ2n) is 8.46. The van der Waals surface area contributed by atoms with Crippen LogP contribution in [0.5, 0.6) is 11.5 Å². The van der Waals surface area contributed by atoms with Crippen molar-refractivity contribution < 1.29 is 14.3 Å². The first-order valence-corrected chi connectivity index (χ1v) is 9.46. The number of hydrogen-bond donors (Lipinski definition) is 0. The molecule has 4 atom stereocenters. The van der Waals surface area contributed by atoms with Gasteiger partial charge in [0.1, 0.15) is 0 Å². The van der Waals surface area contributed by atoms with E-state index in [1.807, 2.05) is 31.3 Å². The summed E-state index contributed by atoms with van der Waals surface area (Å²) in [4.78, 5) is 17.9. The lowest BCUT2D eigenvalue weighted by Crippen LogP contribution is -2.65. The van der Waals surface area contributed by atoms with Gasteiger partial charge in [0, 0.05) is 42.9 Å². The van der Waals surface area contributed by atoms with Crippen molar-refractivity contribution in [3.8, 4) is 11.5 Å². The maximum Gasteiger partial charge on any atom is 0.201 e. The molecule has 138 valence electrons. The molecule has 1 saturated carbocycles. The fourth-order valence-corrected chi connectivity index (χ4v) is 5.98. The quantitative estimate of drug-likeness (QED) is 0.760. The monoisotopic (exact) mass is 354 g/mol. The highest BCUT2D eigenvalue weighted by Gasteiger charge is 2.66. The molecule has 26 heavy (non-hydrogen) atoms. The van der Waals surface area contributed by atoms with E-state index in [9.17, 15) is 4.79 Å². The van der Waals surface area contributed by atoms with E-state index in [4.69, 9.17) is 9.47 Å². The van der Waals surface area contributed by atoms with Crippen molar-refractivity contribution in [2.45, 2.75) is 36.8 Å². The van der Waals surface area contributed by atoms with Gasteiger partial charge in [-0.3, -0.25) is 4.79 Å². The van der Waals surface area contributed by atoms with Gasteiger partial charge in [-0.05, 0) is 50.4 Å². The van der Waals surface area contributed by atoms with Crippen molar-refractivity contribution >= 4 is 5.78 Å². The molecule has 5 heteroatoms. The van der Waals surface area contributed by atoms with Gasteiger partial charge in [0.25, 0.3) is 0 Å². The summed E-state index contributed by atoms with van der Waals surface area (Å²) in [7, 11) is 7.86. The second kappa shape index (κ2) is 5.26. The Hall–Kier alpha value is -2.01. The van der Waals surface area contributed by atoms with E-state index >= 15 is 0 Å². The van der Waals surface area contributed by atoms with Crippen molar-refractivity contribution in [1.82, 2.24) is 9.80 Å². The van der Waals surface area contributed by atoms with E-state index in [1.165, 1.54) is 11.1 Å². The van der Waals surface area contributed by atoms with Crippen LogP contribution in [-0.2, 0) is 16.6 Å². The highest BCUT2D eigenvalue weighted by molar-refractivity contribution is 6.02. The third-order valence-electron chi connectivity index (χ3n) is 7.00. The van der Waals surface area contributed by atoms with Crippen LogP contribution in [0.15, 0.2) is 23.9 Å². The zero-order valence-electron chi connectivity index (χ0n) is 15.9. The molecule has 1 saturated heterocycles. The van der Waals surface area contributed by atoms with Crippen LogP contribution in [0.25, 0.3) is 0 Å². The maximum atomic E-state index is 13.4. The summed E-state index contributed by atoms with van der Waals surface area (Å²) in [5.74, 6) is 2.15.